The van der Waals surface area contributed by atoms with E-state index in [1.165, 1.54) is 32.1 Å². The number of halogens is 1. The fraction of sp³-hybridized carbons (Fsp3) is 0.933. The van der Waals surface area contributed by atoms with Crippen LogP contribution in [-0.2, 0) is 9.53 Å². The van der Waals surface area contributed by atoms with E-state index in [1.54, 1.807) is 6.92 Å². The fourth-order valence-electron chi connectivity index (χ4n) is 4.05. The zero-order valence-corrected chi connectivity index (χ0v) is 13.7. The summed E-state index contributed by atoms with van der Waals surface area (Å²) >= 11 is 0. The molecule has 3 atom stereocenters. The van der Waals surface area contributed by atoms with Gasteiger partial charge in [0.15, 0.2) is 0 Å². The number of hydrogen-bond donors (Lipinski definition) is 1. The molecule has 0 aromatic rings. The first-order valence-electron chi connectivity index (χ1n) is 7.66. The van der Waals surface area contributed by atoms with Gasteiger partial charge in [-0.3, -0.25) is 4.79 Å². The number of rotatable bonds is 4. The highest BCUT2D eigenvalue weighted by atomic mass is 35.5. The van der Waals surface area contributed by atoms with Gasteiger partial charge in [-0.15, -0.1) is 12.4 Å². The van der Waals surface area contributed by atoms with E-state index in [4.69, 9.17) is 10.5 Å². The monoisotopic (exact) mass is 304 g/mol. The summed E-state index contributed by atoms with van der Waals surface area (Å²) in [6, 6.07) is -0.0837. The van der Waals surface area contributed by atoms with Gasteiger partial charge in [-0.25, -0.2) is 0 Å². The van der Waals surface area contributed by atoms with Crippen LogP contribution in [0.4, 0.5) is 0 Å². The van der Waals surface area contributed by atoms with E-state index in [1.807, 2.05) is 11.9 Å². The average Bonchev–Trinajstić information content (AvgIpc) is 2.42. The highest BCUT2D eigenvalue weighted by Crippen LogP contribution is 2.55. The molecule has 2 rings (SSSR count). The number of carbonyl (C=O) groups is 1. The Bertz CT molecular complexity index is 330. The van der Waals surface area contributed by atoms with Crippen LogP contribution >= 0.6 is 12.4 Å². The predicted octanol–water partition coefficient (Wildman–Crippen LogP) is 2.34. The van der Waals surface area contributed by atoms with Gasteiger partial charge < -0.3 is 15.4 Å². The maximum atomic E-state index is 12.1. The second kappa shape index (κ2) is 7.10. The Morgan fingerprint density at radius 2 is 2.00 bits per heavy atom. The van der Waals surface area contributed by atoms with E-state index in [-0.39, 0.29) is 23.7 Å². The molecule has 0 aromatic carbocycles. The third-order valence-electron chi connectivity index (χ3n) is 5.10. The van der Waals surface area contributed by atoms with E-state index in [2.05, 4.69) is 6.92 Å². The first-order valence-corrected chi connectivity index (χ1v) is 7.66. The summed E-state index contributed by atoms with van der Waals surface area (Å²) in [5.41, 5.74) is 5.94. The smallest absolute Gasteiger partial charge is 0.239 e. The van der Waals surface area contributed by atoms with Gasteiger partial charge in [0.25, 0.3) is 0 Å². The third kappa shape index (κ3) is 2.97. The third-order valence-corrected chi connectivity index (χ3v) is 5.10. The topological polar surface area (TPSA) is 55.6 Å². The van der Waals surface area contributed by atoms with Crippen molar-refractivity contribution >= 4 is 18.3 Å². The number of nitrogens with two attached hydrogens (primary N) is 1. The lowest BCUT2D eigenvalue weighted by atomic mass is 9.54. The molecule has 0 heterocycles. The van der Waals surface area contributed by atoms with Gasteiger partial charge in [-0.2, -0.15) is 0 Å². The minimum atomic E-state index is -0.406. The van der Waals surface area contributed by atoms with E-state index in [0.29, 0.717) is 12.1 Å². The molecule has 2 saturated carbocycles. The summed E-state index contributed by atoms with van der Waals surface area (Å²) in [5.74, 6) is 0.0601. The number of nitrogens with zero attached hydrogens (tertiary/aromatic N) is 1. The summed E-state index contributed by atoms with van der Waals surface area (Å²) in [6.45, 7) is 4.59. The van der Waals surface area contributed by atoms with E-state index >= 15 is 0 Å². The van der Waals surface area contributed by atoms with Gasteiger partial charge in [-0.1, -0.05) is 19.3 Å². The molecule has 1 spiro atoms. The van der Waals surface area contributed by atoms with Crippen LogP contribution in [0.2, 0.25) is 0 Å². The molecule has 0 saturated heterocycles. The molecule has 0 bridgehead atoms. The van der Waals surface area contributed by atoms with Gasteiger partial charge in [0.2, 0.25) is 5.91 Å². The fourth-order valence-corrected chi connectivity index (χ4v) is 4.05. The van der Waals surface area contributed by atoms with E-state index in [9.17, 15) is 4.79 Å². The molecule has 2 N–H and O–H groups in total. The summed E-state index contributed by atoms with van der Waals surface area (Å²) < 4.78 is 5.92. The molecule has 2 fully saturated rings. The highest BCUT2D eigenvalue weighted by molar-refractivity contribution is 5.85. The molecule has 5 heteroatoms. The van der Waals surface area contributed by atoms with Crippen LogP contribution in [0.3, 0.4) is 0 Å². The van der Waals surface area contributed by atoms with Crippen molar-refractivity contribution in [2.24, 2.45) is 11.1 Å². The molecular weight excluding hydrogens is 276 g/mol. The largest absolute Gasteiger partial charge is 0.378 e. The molecule has 20 heavy (non-hydrogen) atoms. The number of likely N-dealkylation sites (N-methyl/N-ethyl adjacent to an activating group) is 1. The Kier molecular flexibility index (Phi) is 6.29. The molecule has 0 aromatic heterocycles. The first kappa shape index (κ1) is 17.7. The Balaban J connectivity index is 0.00000200. The predicted molar refractivity (Wildman–Crippen MR) is 83.0 cm³/mol. The Hall–Kier alpha value is -0.320. The van der Waals surface area contributed by atoms with Crippen LogP contribution in [-0.4, -0.2) is 42.6 Å². The standard InChI is InChI=1S/C15H28N2O2.ClH/c1-4-19-13-10-12(17(3)14(18)11(2)16)15(13)8-6-5-7-9-15;/h11-13H,4-10,16H2,1-3H3;1H/t11-,12?,13?;/m0./s1. The average molecular weight is 305 g/mol. The van der Waals surface area contributed by atoms with E-state index < -0.39 is 6.04 Å². The van der Waals surface area contributed by atoms with Crippen molar-refractivity contribution in [3.63, 3.8) is 0 Å². The van der Waals surface area contributed by atoms with E-state index in [0.717, 1.165) is 13.0 Å². The van der Waals surface area contributed by atoms with Gasteiger partial charge in [0, 0.05) is 25.1 Å². The number of carbonyl (C=O) groups excluding carboxylic acids is 1. The zero-order chi connectivity index (χ0) is 14.0. The zero-order valence-electron chi connectivity index (χ0n) is 12.9. The summed E-state index contributed by atoms with van der Waals surface area (Å²) in [7, 11) is 1.91. The molecular formula is C15H29ClN2O2. The Labute approximate surface area is 128 Å². The van der Waals surface area contributed by atoms with Crippen molar-refractivity contribution in [3.05, 3.63) is 0 Å². The van der Waals surface area contributed by atoms with Crippen LogP contribution in [0.25, 0.3) is 0 Å². The molecule has 0 radical (unpaired) electrons. The minimum Gasteiger partial charge on any atom is -0.378 e. The summed E-state index contributed by atoms with van der Waals surface area (Å²) in [6.07, 6.45) is 7.55. The first-order chi connectivity index (χ1) is 9.03. The molecule has 1 amide bonds. The molecule has 2 unspecified atom stereocenters. The van der Waals surface area contributed by atoms with Crippen LogP contribution in [0.15, 0.2) is 0 Å². The summed E-state index contributed by atoms with van der Waals surface area (Å²) in [5, 5.41) is 0. The molecule has 0 aliphatic heterocycles. The Morgan fingerprint density at radius 3 is 2.50 bits per heavy atom. The second-order valence-electron chi connectivity index (χ2n) is 6.23. The van der Waals surface area contributed by atoms with Crippen molar-refractivity contribution in [3.8, 4) is 0 Å². The van der Waals surface area contributed by atoms with Gasteiger partial charge in [0.05, 0.1) is 12.1 Å². The lowest BCUT2D eigenvalue weighted by molar-refractivity contribution is -0.185. The quantitative estimate of drug-likeness (QED) is 0.867. The number of amides is 1. The maximum Gasteiger partial charge on any atom is 0.239 e. The Morgan fingerprint density at radius 1 is 1.40 bits per heavy atom. The molecule has 118 valence electrons. The molecule has 4 nitrogen and oxygen atoms in total. The van der Waals surface area contributed by atoms with Crippen molar-refractivity contribution in [1.82, 2.24) is 4.90 Å². The lowest BCUT2D eigenvalue weighted by Crippen LogP contribution is -2.66. The van der Waals surface area contributed by atoms with Crippen LogP contribution in [0.1, 0.15) is 52.4 Å². The summed E-state index contributed by atoms with van der Waals surface area (Å²) in [4.78, 5) is 14.0. The van der Waals surface area contributed by atoms with Crippen molar-refractivity contribution in [2.45, 2.75) is 70.6 Å². The normalized spacial score (nSPS) is 29.2. The number of ether oxygens (including phenoxy) is 1. The number of hydrogen-bond acceptors (Lipinski definition) is 3. The van der Waals surface area contributed by atoms with Crippen molar-refractivity contribution in [1.29, 1.82) is 0 Å². The van der Waals surface area contributed by atoms with Gasteiger partial charge >= 0.3 is 0 Å². The maximum absolute atomic E-state index is 12.1. The molecule has 2 aliphatic carbocycles. The van der Waals surface area contributed by atoms with Crippen LogP contribution < -0.4 is 5.73 Å². The molecule has 2 aliphatic rings. The minimum absolute atomic E-state index is 0. The van der Waals surface area contributed by atoms with Gasteiger partial charge in [-0.05, 0) is 33.1 Å². The SMILES string of the molecule is CCOC1CC(N(C)C(=O)[C@H](C)N)C12CCCCC2.Cl. The van der Waals surface area contributed by atoms with Crippen LogP contribution in [0.5, 0.6) is 0 Å². The highest BCUT2D eigenvalue weighted by Gasteiger charge is 2.57. The lowest BCUT2D eigenvalue weighted by Gasteiger charge is -2.60. The van der Waals surface area contributed by atoms with Gasteiger partial charge in [0.1, 0.15) is 0 Å². The van der Waals surface area contributed by atoms with Crippen LogP contribution in [0, 0.1) is 5.41 Å². The van der Waals surface area contributed by atoms with Crippen molar-refractivity contribution in [2.75, 3.05) is 13.7 Å². The van der Waals surface area contributed by atoms with Crippen molar-refractivity contribution < 1.29 is 9.53 Å². The second-order valence-corrected chi connectivity index (χ2v) is 6.23.